The molecule has 0 saturated heterocycles. The Morgan fingerprint density at radius 2 is 0.948 bits per heavy atom. The second-order valence-electron chi connectivity index (χ2n) is 13.1. The summed E-state index contributed by atoms with van der Waals surface area (Å²) in [4.78, 5) is 86.4. The molecular formula is C45H42F2N2O9. The van der Waals surface area contributed by atoms with E-state index in [0.717, 1.165) is 15.4 Å². The molecule has 58 heavy (non-hydrogen) atoms. The van der Waals surface area contributed by atoms with Gasteiger partial charge in [0.15, 0.2) is 0 Å². The molecule has 11 nitrogen and oxygen atoms in total. The Morgan fingerprint density at radius 1 is 0.603 bits per heavy atom. The average Bonchev–Trinajstić information content (AvgIpc) is 3.62. The van der Waals surface area contributed by atoms with Gasteiger partial charge < -0.3 is 14.3 Å². The van der Waals surface area contributed by atoms with Crippen molar-refractivity contribution in [3.63, 3.8) is 0 Å². The number of aldehydes is 1. The highest BCUT2D eigenvalue weighted by molar-refractivity contribution is 6.22. The maximum atomic E-state index is 13.2. The van der Waals surface area contributed by atoms with Gasteiger partial charge in [-0.25, -0.2) is 18.4 Å². The van der Waals surface area contributed by atoms with Gasteiger partial charge in [0.05, 0.1) is 47.6 Å². The van der Waals surface area contributed by atoms with Crippen molar-refractivity contribution < 1.29 is 51.8 Å². The zero-order valence-electron chi connectivity index (χ0n) is 32.4. The summed E-state index contributed by atoms with van der Waals surface area (Å²) in [6.45, 7) is 10.7. The van der Waals surface area contributed by atoms with Crippen LogP contribution in [0.4, 0.5) is 8.78 Å². The summed E-state index contributed by atoms with van der Waals surface area (Å²) in [5, 5.41) is 0. The van der Waals surface area contributed by atoms with Gasteiger partial charge in [-0.2, -0.15) is 0 Å². The van der Waals surface area contributed by atoms with Crippen molar-refractivity contribution in [2.75, 3.05) is 13.2 Å². The fourth-order valence-electron chi connectivity index (χ4n) is 6.02. The van der Waals surface area contributed by atoms with E-state index in [2.05, 4.69) is 11.3 Å². The van der Waals surface area contributed by atoms with E-state index in [4.69, 9.17) is 4.74 Å². The Labute approximate surface area is 334 Å². The van der Waals surface area contributed by atoms with Crippen molar-refractivity contribution >= 4 is 41.9 Å². The third-order valence-corrected chi connectivity index (χ3v) is 8.85. The summed E-state index contributed by atoms with van der Waals surface area (Å²) in [6, 6.07) is 22.9. The molecule has 2 aliphatic heterocycles. The minimum Gasteiger partial charge on any atom is -0.463 e. The van der Waals surface area contributed by atoms with Crippen LogP contribution in [0.5, 0.6) is 0 Å². The lowest BCUT2D eigenvalue weighted by atomic mass is 10.0. The molecule has 4 aromatic carbocycles. The van der Waals surface area contributed by atoms with Gasteiger partial charge in [0, 0.05) is 17.6 Å². The zero-order chi connectivity index (χ0) is 42.5. The largest absolute Gasteiger partial charge is 0.463 e. The van der Waals surface area contributed by atoms with Crippen LogP contribution in [-0.4, -0.2) is 77.0 Å². The maximum Gasteiger partial charge on any atom is 0.333 e. The van der Waals surface area contributed by atoms with E-state index < -0.39 is 41.7 Å². The van der Waals surface area contributed by atoms with Crippen LogP contribution in [0.2, 0.25) is 0 Å². The number of carbonyl (C=O) groups is 7. The number of hydrogen-bond donors (Lipinski definition) is 0. The van der Waals surface area contributed by atoms with E-state index in [0.29, 0.717) is 51.9 Å². The molecule has 0 spiro atoms. The van der Waals surface area contributed by atoms with Gasteiger partial charge in [-0.1, -0.05) is 61.2 Å². The Bertz CT molecular complexity index is 2160. The number of imide groups is 2. The molecule has 2 atom stereocenters. The number of amides is 4. The van der Waals surface area contributed by atoms with E-state index in [1.807, 2.05) is 0 Å². The standard InChI is InChI=1S/C22H20FNO4.C17H12FNO3.C6H10O2/c1-3-28-22(27)14(2)12-17(13-15-8-10-16(23)11-9-15)24-20(25)18-6-4-5-7-19(18)21(24)26;18-12-7-5-11(6-8-12)9-13(10-20)19-16(21)14-3-1-2-4-15(14)17(19)22;1-4-8-6(7)5(2)3/h4-12,17H,3,13H2,1-2H3;1-8,10,13H,9H2;2,4H2,1,3H3/b14-12+;;/t17-;13-;/m10./s1. The first kappa shape index (κ1) is 43.8. The van der Waals surface area contributed by atoms with Crippen LogP contribution in [-0.2, 0) is 36.7 Å². The van der Waals surface area contributed by atoms with E-state index in [-0.39, 0.29) is 37.1 Å². The summed E-state index contributed by atoms with van der Waals surface area (Å²) < 4.78 is 35.7. The number of halogens is 2. The van der Waals surface area contributed by atoms with Gasteiger partial charge in [0.2, 0.25) is 0 Å². The van der Waals surface area contributed by atoms with Crippen LogP contribution in [0.15, 0.2) is 121 Å². The van der Waals surface area contributed by atoms with Crippen molar-refractivity contribution in [1.29, 1.82) is 0 Å². The van der Waals surface area contributed by atoms with Crippen molar-refractivity contribution in [2.24, 2.45) is 0 Å². The monoisotopic (exact) mass is 792 g/mol. The first-order chi connectivity index (χ1) is 27.7. The smallest absolute Gasteiger partial charge is 0.333 e. The molecule has 0 aliphatic carbocycles. The fourth-order valence-corrected chi connectivity index (χ4v) is 6.02. The predicted molar refractivity (Wildman–Crippen MR) is 210 cm³/mol. The molecule has 300 valence electrons. The lowest BCUT2D eigenvalue weighted by molar-refractivity contribution is -0.139. The van der Waals surface area contributed by atoms with Gasteiger partial charge >= 0.3 is 11.9 Å². The highest BCUT2D eigenvalue weighted by atomic mass is 19.1. The molecular weight excluding hydrogens is 750 g/mol. The number of rotatable bonds is 12. The van der Waals surface area contributed by atoms with Gasteiger partial charge in [0.1, 0.15) is 17.9 Å². The number of esters is 2. The minimum atomic E-state index is -0.905. The van der Waals surface area contributed by atoms with Crippen LogP contribution in [0.3, 0.4) is 0 Å². The Hall–Kier alpha value is -6.89. The quantitative estimate of drug-likeness (QED) is 0.0648. The molecule has 0 bridgehead atoms. The molecule has 0 saturated carbocycles. The maximum absolute atomic E-state index is 13.2. The summed E-state index contributed by atoms with van der Waals surface area (Å²) in [5.74, 6) is -3.36. The molecule has 0 radical (unpaired) electrons. The molecule has 13 heteroatoms. The number of fused-ring (bicyclic) bond motifs is 2. The van der Waals surface area contributed by atoms with Crippen LogP contribution in [0.1, 0.15) is 80.3 Å². The number of nitrogens with zero attached hydrogens (tertiary/aromatic N) is 2. The van der Waals surface area contributed by atoms with Gasteiger partial charge in [-0.15, -0.1) is 0 Å². The first-order valence-corrected chi connectivity index (χ1v) is 18.3. The van der Waals surface area contributed by atoms with Crippen molar-refractivity contribution in [2.45, 2.75) is 52.6 Å². The minimum absolute atomic E-state index is 0.162. The lowest BCUT2D eigenvalue weighted by Gasteiger charge is -2.24. The number of benzene rings is 4. The predicted octanol–water partition coefficient (Wildman–Crippen LogP) is 6.90. The van der Waals surface area contributed by atoms with E-state index in [9.17, 15) is 42.3 Å². The van der Waals surface area contributed by atoms with E-state index >= 15 is 0 Å². The number of hydrogen-bond acceptors (Lipinski definition) is 9. The first-order valence-electron chi connectivity index (χ1n) is 18.3. The topological polar surface area (TPSA) is 144 Å². The van der Waals surface area contributed by atoms with E-state index in [1.54, 1.807) is 94.4 Å². The summed E-state index contributed by atoms with van der Waals surface area (Å²) in [6.07, 6.45) is 2.55. The van der Waals surface area contributed by atoms with Crippen molar-refractivity contribution in [3.05, 3.63) is 166 Å². The Morgan fingerprint density at radius 3 is 1.28 bits per heavy atom. The normalized spacial score (nSPS) is 13.9. The molecule has 2 heterocycles. The molecule has 2 aliphatic rings. The Kier molecular flexibility index (Phi) is 15.4. The molecule has 0 aromatic heterocycles. The van der Waals surface area contributed by atoms with Gasteiger partial charge in [0.25, 0.3) is 23.6 Å². The van der Waals surface area contributed by atoms with Crippen LogP contribution >= 0.6 is 0 Å². The Balaban J connectivity index is 0.000000220. The summed E-state index contributed by atoms with van der Waals surface area (Å²) in [5.41, 5.74) is 3.43. The highest BCUT2D eigenvalue weighted by Gasteiger charge is 2.40. The molecule has 0 unspecified atom stereocenters. The van der Waals surface area contributed by atoms with Crippen LogP contribution in [0.25, 0.3) is 0 Å². The molecule has 0 fully saturated rings. The van der Waals surface area contributed by atoms with Crippen LogP contribution < -0.4 is 0 Å². The van der Waals surface area contributed by atoms with Crippen LogP contribution in [0, 0.1) is 11.6 Å². The summed E-state index contributed by atoms with van der Waals surface area (Å²) in [7, 11) is 0. The SMILES string of the molecule is C=C(C)C(=O)OCC.CCOC(=O)/C(C)=C/[C@H](Cc1ccc(F)cc1)N1C(=O)c2ccccc2C1=O.O=C[C@H](Cc1ccc(F)cc1)N1C(=O)c2ccccc2C1=O. The molecule has 0 N–H and O–H groups in total. The average molecular weight is 793 g/mol. The molecule has 4 aromatic rings. The van der Waals surface area contributed by atoms with Gasteiger partial charge in [-0.05, 0) is 93.8 Å². The zero-order valence-corrected chi connectivity index (χ0v) is 32.4. The third kappa shape index (κ3) is 10.7. The van der Waals surface area contributed by atoms with Crippen molar-refractivity contribution in [1.82, 2.24) is 9.80 Å². The van der Waals surface area contributed by atoms with Gasteiger partial charge in [-0.3, -0.25) is 29.0 Å². The summed E-state index contributed by atoms with van der Waals surface area (Å²) >= 11 is 0. The van der Waals surface area contributed by atoms with E-state index in [1.165, 1.54) is 36.4 Å². The number of carbonyl (C=O) groups excluding carboxylic acids is 7. The molecule has 4 amide bonds. The molecule has 6 rings (SSSR count). The lowest BCUT2D eigenvalue weighted by Crippen LogP contribution is -2.42. The number of ether oxygens (including phenoxy) is 2. The third-order valence-electron chi connectivity index (χ3n) is 8.85. The second-order valence-corrected chi connectivity index (χ2v) is 13.1. The van der Waals surface area contributed by atoms with Crippen molar-refractivity contribution in [3.8, 4) is 0 Å². The second kappa shape index (κ2) is 20.3. The highest BCUT2D eigenvalue weighted by Crippen LogP contribution is 2.28. The fraction of sp³-hybridized carbons (Fsp3) is 0.222.